The van der Waals surface area contributed by atoms with Crippen molar-refractivity contribution in [2.24, 2.45) is 0 Å². The maximum absolute atomic E-state index is 14.4. The van der Waals surface area contributed by atoms with Crippen molar-refractivity contribution in [2.45, 2.75) is 13.0 Å². The maximum Gasteiger partial charge on any atom is 0.352 e. The zero-order valence-electron chi connectivity index (χ0n) is 17.7. The van der Waals surface area contributed by atoms with Crippen LogP contribution in [0.1, 0.15) is 22.5 Å². The number of aromatic nitrogens is 3. The number of carbonyl (C=O) groups is 1. The molecule has 3 rings (SSSR count). The minimum Gasteiger partial charge on any atom is -0.497 e. The van der Waals surface area contributed by atoms with E-state index < -0.39 is 28.7 Å². The standard InChI is InChI=1S/C22H23FN4O5/c1-31-12-6-11-24-20(28)19-21(29)26(14-15-7-5-8-16(13-15)32-2)22(30)27(25-19)18-10-4-3-9-17(18)23/h3-5,7-10,13H,6,11-12,14H2,1-2H3,(H,24,28). The Morgan fingerprint density at radius 3 is 2.62 bits per heavy atom. The highest BCUT2D eigenvalue weighted by atomic mass is 19.1. The summed E-state index contributed by atoms with van der Waals surface area (Å²) in [5, 5.41) is 6.47. The number of carbonyl (C=O) groups excluding carboxylic acids is 1. The van der Waals surface area contributed by atoms with E-state index >= 15 is 0 Å². The number of ether oxygens (including phenoxy) is 2. The van der Waals surface area contributed by atoms with Gasteiger partial charge in [-0.25, -0.2) is 9.18 Å². The predicted octanol–water partition coefficient (Wildman–Crippen LogP) is 1.36. The molecule has 1 aromatic heterocycles. The van der Waals surface area contributed by atoms with Gasteiger partial charge in [-0.3, -0.25) is 14.2 Å². The van der Waals surface area contributed by atoms with Gasteiger partial charge < -0.3 is 14.8 Å². The van der Waals surface area contributed by atoms with Crippen LogP contribution in [-0.2, 0) is 11.3 Å². The van der Waals surface area contributed by atoms with Crippen LogP contribution >= 0.6 is 0 Å². The Morgan fingerprint density at radius 2 is 1.91 bits per heavy atom. The van der Waals surface area contributed by atoms with Crippen molar-refractivity contribution >= 4 is 5.91 Å². The molecule has 10 heteroatoms. The van der Waals surface area contributed by atoms with E-state index in [2.05, 4.69) is 10.4 Å². The summed E-state index contributed by atoms with van der Waals surface area (Å²) in [5.41, 5.74) is -1.87. The molecule has 0 atom stereocenters. The minimum absolute atomic E-state index is 0.157. The van der Waals surface area contributed by atoms with Gasteiger partial charge in [-0.15, -0.1) is 0 Å². The number of hydrogen-bond donors (Lipinski definition) is 1. The fraction of sp³-hybridized carbons (Fsp3) is 0.273. The first-order valence-corrected chi connectivity index (χ1v) is 9.85. The van der Waals surface area contributed by atoms with Crippen molar-refractivity contribution in [1.29, 1.82) is 0 Å². The molecule has 0 aliphatic carbocycles. The maximum atomic E-state index is 14.4. The normalized spacial score (nSPS) is 10.7. The van der Waals surface area contributed by atoms with E-state index in [0.29, 0.717) is 24.3 Å². The van der Waals surface area contributed by atoms with E-state index in [-0.39, 0.29) is 18.8 Å². The van der Waals surface area contributed by atoms with Crippen LogP contribution < -0.4 is 21.3 Å². The largest absolute Gasteiger partial charge is 0.497 e. The zero-order chi connectivity index (χ0) is 23.1. The lowest BCUT2D eigenvalue weighted by atomic mass is 10.2. The summed E-state index contributed by atoms with van der Waals surface area (Å²) in [5.74, 6) is -0.953. The van der Waals surface area contributed by atoms with Crippen LogP contribution in [0.15, 0.2) is 58.1 Å². The quantitative estimate of drug-likeness (QED) is 0.502. The SMILES string of the molecule is COCCCNC(=O)c1nn(-c2ccccc2F)c(=O)n(Cc2cccc(OC)c2)c1=O. The summed E-state index contributed by atoms with van der Waals surface area (Å²) in [6, 6.07) is 12.3. The number of methoxy groups -OCH3 is 2. The fourth-order valence-corrected chi connectivity index (χ4v) is 3.03. The lowest BCUT2D eigenvalue weighted by molar-refractivity contribution is 0.0938. The second-order valence-corrected chi connectivity index (χ2v) is 6.84. The molecule has 1 heterocycles. The lowest BCUT2D eigenvalue weighted by Crippen LogP contribution is -2.46. The third-order valence-electron chi connectivity index (χ3n) is 4.64. The molecule has 0 fully saturated rings. The molecular formula is C22H23FN4O5. The fourth-order valence-electron chi connectivity index (χ4n) is 3.03. The number of benzene rings is 2. The van der Waals surface area contributed by atoms with E-state index in [1.165, 1.54) is 32.4 Å². The summed E-state index contributed by atoms with van der Waals surface area (Å²) < 4.78 is 26.1. The smallest absolute Gasteiger partial charge is 0.352 e. The topological polar surface area (TPSA) is 104 Å². The van der Waals surface area contributed by atoms with Crippen molar-refractivity contribution in [1.82, 2.24) is 19.7 Å². The van der Waals surface area contributed by atoms with Gasteiger partial charge in [-0.2, -0.15) is 9.78 Å². The van der Waals surface area contributed by atoms with Gasteiger partial charge in [-0.05, 0) is 36.2 Å². The van der Waals surface area contributed by atoms with Crippen molar-refractivity contribution in [3.63, 3.8) is 0 Å². The van der Waals surface area contributed by atoms with Gasteiger partial charge >= 0.3 is 5.69 Å². The molecule has 168 valence electrons. The van der Waals surface area contributed by atoms with Crippen LogP contribution in [0.5, 0.6) is 5.75 Å². The van der Waals surface area contributed by atoms with Crippen molar-refractivity contribution in [2.75, 3.05) is 27.4 Å². The van der Waals surface area contributed by atoms with Gasteiger partial charge in [0.1, 0.15) is 17.3 Å². The second kappa shape index (κ2) is 10.5. The summed E-state index contributed by atoms with van der Waals surface area (Å²) in [4.78, 5) is 38.8. The molecule has 0 spiro atoms. The van der Waals surface area contributed by atoms with Crippen LogP contribution in [-0.4, -0.2) is 47.6 Å². The van der Waals surface area contributed by atoms with Crippen LogP contribution in [0, 0.1) is 5.82 Å². The van der Waals surface area contributed by atoms with Crippen LogP contribution in [0.4, 0.5) is 4.39 Å². The minimum atomic E-state index is -0.880. The number of rotatable bonds is 9. The Hall–Kier alpha value is -3.79. The summed E-state index contributed by atoms with van der Waals surface area (Å²) >= 11 is 0. The van der Waals surface area contributed by atoms with Crippen molar-refractivity contribution in [3.05, 3.63) is 86.4 Å². The molecule has 3 aromatic rings. The highest BCUT2D eigenvalue weighted by Gasteiger charge is 2.21. The van der Waals surface area contributed by atoms with E-state index in [1.807, 2.05) is 0 Å². The number of hydrogen-bond acceptors (Lipinski definition) is 6. The summed E-state index contributed by atoms with van der Waals surface area (Å²) in [6.07, 6.45) is 0.521. The summed E-state index contributed by atoms with van der Waals surface area (Å²) in [6.45, 7) is 0.501. The van der Waals surface area contributed by atoms with E-state index in [9.17, 15) is 18.8 Å². The Bertz CT molecular complexity index is 1220. The van der Waals surface area contributed by atoms with Gasteiger partial charge in [0, 0.05) is 20.3 Å². The highest BCUT2D eigenvalue weighted by Crippen LogP contribution is 2.13. The average molecular weight is 442 g/mol. The number of para-hydroxylation sites is 1. The summed E-state index contributed by atoms with van der Waals surface area (Å²) in [7, 11) is 3.03. The van der Waals surface area contributed by atoms with E-state index in [1.54, 1.807) is 24.3 Å². The van der Waals surface area contributed by atoms with E-state index in [0.717, 1.165) is 15.3 Å². The molecule has 1 amide bonds. The highest BCUT2D eigenvalue weighted by molar-refractivity contribution is 5.91. The Kier molecular flexibility index (Phi) is 7.50. The Balaban J connectivity index is 2.11. The first-order valence-electron chi connectivity index (χ1n) is 9.85. The monoisotopic (exact) mass is 442 g/mol. The molecule has 2 aromatic carbocycles. The zero-order valence-corrected chi connectivity index (χ0v) is 17.7. The number of amides is 1. The molecule has 0 radical (unpaired) electrons. The average Bonchev–Trinajstić information content (AvgIpc) is 2.80. The van der Waals surface area contributed by atoms with Crippen LogP contribution in [0.3, 0.4) is 0 Å². The third kappa shape index (κ3) is 5.09. The number of nitrogens with one attached hydrogen (secondary N) is 1. The molecule has 32 heavy (non-hydrogen) atoms. The van der Waals surface area contributed by atoms with Gasteiger partial charge in [-0.1, -0.05) is 24.3 Å². The first-order chi connectivity index (χ1) is 15.5. The van der Waals surface area contributed by atoms with E-state index in [4.69, 9.17) is 9.47 Å². The Morgan fingerprint density at radius 1 is 1.12 bits per heavy atom. The van der Waals surface area contributed by atoms with Gasteiger partial charge in [0.2, 0.25) is 5.69 Å². The van der Waals surface area contributed by atoms with Gasteiger partial charge in [0.05, 0.1) is 13.7 Å². The molecule has 0 saturated carbocycles. The molecule has 0 aliphatic rings. The second-order valence-electron chi connectivity index (χ2n) is 6.84. The third-order valence-corrected chi connectivity index (χ3v) is 4.64. The molecule has 0 unspecified atom stereocenters. The first kappa shape index (κ1) is 22.9. The van der Waals surface area contributed by atoms with Gasteiger partial charge in [0.15, 0.2) is 0 Å². The predicted molar refractivity (Wildman–Crippen MR) is 115 cm³/mol. The Labute approximate surface area is 183 Å². The molecule has 0 saturated heterocycles. The number of halogens is 1. The molecule has 0 aliphatic heterocycles. The molecule has 9 nitrogen and oxygen atoms in total. The van der Waals surface area contributed by atoms with Gasteiger partial charge in [0.25, 0.3) is 11.5 Å². The van der Waals surface area contributed by atoms with Crippen molar-refractivity contribution < 1.29 is 18.7 Å². The van der Waals surface area contributed by atoms with Crippen molar-refractivity contribution in [3.8, 4) is 11.4 Å². The van der Waals surface area contributed by atoms with Crippen LogP contribution in [0.2, 0.25) is 0 Å². The lowest BCUT2D eigenvalue weighted by Gasteiger charge is -2.13. The molecular weight excluding hydrogens is 419 g/mol. The molecule has 1 N–H and O–H groups in total. The number of nitrogens with zero attached hydrogens (tertiary/aromatic N) is 3. The van der Waals surface area contributed by atoms with Crippen LogP contribution in [0.25, 0.3) is 5.69 Å². The molecule has 0 bridgehead atoms.